The first-order valence-electron chi connectivity index (χ1n) is 9.18. The molecule has 0 saturated carbocycles. The summed E-state index contributed by atoms with van der Waals surface area (Å²) in [5.74, 6) is 1.21. The van der Waals surface area contributed by atoms with Crippen LogP contribution in [0.3, 0.4) is 0 Å². The average molecular weight is 405 g/mol. The fraction of sp³-hybridized carbons (Fsp3) is 0.136. The molecule has 7 nitrogen and oxygen atoms in total. The van der Waals surface area contributed by atoms with Gasteiger partial charge in [-0.3, -0.25) is 0 Å². The second-order valence-corrected chi connectivity index (χ2v) is 6.67. The zero-order valence-electron chi connectivity index (χ0n) is 16.7. The van der Waals surface area contributed by atoms with Gasteiger partial charge in [0.2, 0.25) is 5.95 Å². The number of pyridine rings is 1. The number of anilines is 3. The third-order valence-electron chi connectivity index (χ3n) is 4.62. The Balaban J connectivity index is 1.82. The molecule has 2 heterocycles. The molecule has 2 aromatic carbocycles. The van der Waals surface area contributed by atoms with Crippen molar-refractivity contribution in [1.82, 2.24) is 15.0 Å². The molecule has 0 radical (unpaired) electrons. The summed E-state index contributed by atoms with van der Waals surface area (Å²) in [5.41, 5.74) is 9.44. The zero-order chi connectivity index (χ0) is 21.3. The SMILES string of the molecule is COc1ccc(-c2ccc3nc(N)nc(Nc4ccc(C)cc4F)c3n2)cc1OC. The molecule has 0 atom stereocenters. The number of hydrogen-bond acceptors (Lipinski definition) is 7. The molecule has 0 fully saturated rings. The van der Waals surface area contributed by atoms with E-state index in [4.69, 9.17) is 20.2 Å². The van der Waals surface area contributed by atoms with Gasteiger partial charge in [-0.15, -0.1) is 0 Å². The number of nitrogens with two attached hydrogens (primary N) is 1. The van der Waals surface area contributed by atoms with Crippen LogP contribution < -0.4 is 20.5 Å². The van der Waals surface area contributed by atoms with Gasteiger partial charge in [-0.25, -0.2) is 14.4 Å². The van der Waals surface area contributed by atoms with Gasteiger partial charge in [0.25, 0.3) is 0 Å². The summed E-state index contributed by atoms with van der Waals surface area (Å²) in [6, 6.07) is 14.0. The molecule has 8 heteroatoms. The second kappa shape index (κ2) is 7.82. The Kier molecular flexibility index (Phi) is 5.05. The number of fused-ring (bicyclic) bond motifs is 1. The van der Waals surface area contributed by atoms with E-state index in [9.17, 15) is 4.39 Å². The fourth-order valence-electron chi connectivity index (χ4n) is 3.12. The van der Waals surface area contributed by atoms with E-state index in [1.807, 2.05) is 25.1 Å². The first kappa shape index (κ1) is 19.4. The lowest BCUT2D eigenvalue weighted by molar-refractivity contribution is 0.355. The summed E-state index contributed by atoms with van der Waals surface area (Å²) in [6.07, 6.45) is 0. The first-order valence-corrected chi connectivity index (χ1v) is 9.18. The Labute approximate surface area is 172 Å². The largest absolute Gasteiger partial charge is 0.493 e. The van der Waals surface area contributed by atoms with Crippen molar-refractivity contribution in [3.8, 4) is 22.8 Å². The van der Waals surface area contributed by atoms with E-state index in [0.29, 0.717) is 34.0 Å². The van der Waals surface area contributed by atoms with Crippen molar-refractivity contribution in [2.75, 3.05) is 25.3 Å². The number of rotatable bonds is 5. The van der Waals surface area contributed by atoms with Gasteiger partial charge in [-0.05, 0) is 55.0 Å². The van der Waals surface area contributed by atoms with Crippen LogP contribution in [-0.4, -0.2) is 29.2 Å². The molecule has 4 rings (SSSR count). The summed E-state index contributed by atoms with van der Waals surface area (Å²) in [7, 11) is 3.15. The summed E-state index contributed by atoms with van der Waals surface area (Å²) in [5, 5.41) is 2.99. The van der Waals surface area contributed by atoms with Crippen LogP contribution >= 0.6 is 0 Å². The third-order valence-corrected chi connectivity index (χ3v) is 4.62. The number of ether oxygens (including phenoxy) is 2. The van der Waals surface area contributed by atoms with Gasteiger partial charge in [-0.1, -0.05) is 6.07 Å². The molecule has 4 aromatic rings. The normalized spacial score (nSPS) is 10.8. The standard InChI is InChI=1S/C22H20FN5O2/c1-12-4-6-16(14(23)10-12)26-21-20-17(27-22(24)28-21)8-7-15(25-20)13-5-9-18(29-2)19(11-13)30-3/h4-11H,1-3H3,(H3,24,26,27,28). The van der Waals surface area contributed by atoms with Crippen LogP contribution in [0.5, 0.6) is 11.5 Å². The van der Waals surface area contributed by atoms with Gasteiger partial charge in [-0.2, -0.15) is 4.98 Å². The number of aromatic nitrogens is 3. The maximum absolute atomic E-state index is 14.4. The molecule has 0 saturated heterocycles. The number of nitrogens with one attached hydrogen (secondary N) is 1. The van der Waals surface area contributed by atoms with E-state index in [0.717, 1.165) is 11.1 Å². The number of nitrogens with zero attached hydrogens (tertiary/aromatic N) is 3. The van der Waals surface area contributed by atoms with Crippen molar-refractivity contribution in [3.05, 3.63) is 59.9 Å². The van der Waals surface area contributed by atoms with E-state index in [-0.39, 0.29) is 11.6 Å². The predicted octanol–water partition coefficient (Wildman–Crippen LogP) is 4.48. The minimum Gasteiger partial charge on any atom is -0.493 e. The Bertz CT molecular complexity index is 1250. The minimum absolute atomic E-state index is 0.0678. The van der Waals surface area contributed by atoms with E-state index in [1.165, 1.54) is 6.07 Å². The van der Waals surface area contributed by atoms with Crippen LogP contribution in [0.25, 0.3) is 22.3 Å². The number of nitrogen functional groups attached to an aromatic ring is 1. The lowest BCUT2D eigenvalue weighted by Crippen LogP contribution is -2.04. The van der Waals surface area contributed by atoms with Crippen molar-refractivity contribution < 1.29 is 13.9 Å². The van der Waals surface area contributed by atoms with Crippen LogP contribution in [-0.2, 0) is 0 Å². The first-order chi connectivity index (χ1) is 14.5. The molecule has 0 aliphatic heterocycles. The van der Waals surface area contributed by atoms with Gasteiger partial charge in [0.1, 0.15) is 11.3 Å². The smallest absolute Gasteiger partial charge is 0.222 e. The molecular weight excluding hydrogens is 385 g/mol. The highest BCUT2D eigenvalue weighted by atomic mass is 19.1. The lowest BCUT2D eigenvalue weighted by atomic mass is 10.1. The van der Waals surface area contributed by atoms with Crippen LogP contribution in [0.1, 0.15) is 5.56 Å². The third kappa shape index (κ3) is 3.67. The Morgan fingerprint density at radius 3 is 2.43 bits per heavy atom. The highest BCUT2D eigenvalue weighted by molar-refractivity contribution is 5.90. The molecule has 0 unspecified atom stereocenters. The molecule has 0 spiro atoms. The number of aryl methyl sites for hydroxylation is 1. The molecule has 0 aliphatic rings. The Morgan fingerprint density at radius 1 is 0.900 bits per heavy atom. The van der Waals surface area contributed by atoms with Gasteiger partial charge < -0.3 is 20.5 Å². The molecular formula is C22H20FN5O2. The van der Waals surface area contributed by atoms with Crippen LogP contribution in [0.4, 0.5) is 21.8 Å². The summed E-state index contributed by atoms with van der Waals surface area (Å²) < 4.78 is 25.0. The number of halogens is 1. The van der Waals surface area contributed by atoms with E-state index >= 15 is 0 Å². The fourth-order valence-corrected chi connectivity index (χ4v) is 3.12. The Hall–Kier alpha value is -3.94. The molecule has 0 amide bonds. The van der Waals surface area contributed by atoms with E-state index < -0.39 is 5.82 Å². The van der Waals surface area contributed by atoms with Crippen molar-refractivity contribution in [2.24, 2.45) is 0 Å². The van der Waals surface area contributed by atoms with Crippen molar-refractivity contribution in [3.63, 3.8) is 0 Å². The maximum atomic E-state index is 14.4. The van der Waals surface area contributed by atoms with E-state index in [2.05, 4.69) is 15.3 Å². The topological polar surface area (TPSA) is 95.2 Å². The average Bonchev–Trinajstić information content (AvgIpc) is 2.74. The van der Waals surface area contributed by atoms with E-state index in [1.54, 1.807) is 38.5 Å². The summed E-state index contributed by atoms with van der Waals surface area (Å²) in [6.45, 7) is 1.82. The minimum atomic E-state index is -0.392. The van der Waals surface area contributed by atoms with Gasteiger partial charge in [0.05, 0.1) is 31.1 Å². The maximum Gasteiger partial charge on any atom is 0.222 e. The lowest BCUT2D eigenvalue weighted by Gasteiger charge is -2.12. The van der Waals surface area contributed by atoms with Gasteiger partial charge >= 0.3 is 0 Å². The van der Waals surface area contributed by atoms with Crippen molar-refractivity contribution in [2.45, 2.75) is 6.92 Å². The summed E-state index contributed by atoms with van der Waals surface area (Å²) >= 11 is 0. The number of methoxy groups -OCH3 is 2. The van der Waals surface area contributed by atoms with Crippen LogP contribution in [0.15, 0.2) is 48.5 Å². The van der Waals surface area contributed by atoms with Gasteiger partial charge in [0, 0.05) is 5.56 Å². The highest BCUT2D eigenvalue weighted by Crippen LogP contribution is 2.33. The molecule has 0 aliphatic carbocycles. The molecule has 152 valence electrons. The van der Waals surface area contributed by atoms with Gasteiger partial charge in [0.15, 0.2) is 17.3 Å². The number of benzene rings is 2. The summed E-state index contributed by atoms with van der Waals surface area (Å²) in [4.78, 5) is 13.2. The monoisotopic (exact) mass is 405 g/mol. The predicted molar refractivity (Wildman–Crippen MR) is 115 cm³/mol. The molecule has 3 N–H and O–H groups in total. The van der Waals surface area contributed by atoms with Crippen molar-refractivity contribution >= 4 is 28.5 Å². The van der Waals surface area contributed by atoms with Crippen LogP contribution in [0.2, 0.25) is 0 Å². The van der Waals surface area contributed by atoms with Crippen LogP contribution in [0, 0.1) is 12.7 Å². The Morgan fingerprint density at radius 2 is 1.70 bits per heavy atom. The molecule has 0 bridgehead atoms. The molecule has 2 aromatic heterocycles. The number of hydrogen-bond donors (Lipinski definition) is 2. The second-order valence-electron chi connectivity index (χ2n) is 6.67. The zero-order valence-corrected chi connectivity index (χ0v) is 16.7. The quantitative estimate of drug-likeness (QED) is 0.505. The molecule has 30 heavy (non-hydrogen) atoms. The highest BCUT2D eigenvalue weighted by Gasteiger charge is 2.13. The van der Waals surface area contributed by atoms with Crippen molar-refractivity contribution in [1.29, 1.82) is 0 Å².